The Morgan fingerprint density at radius 1 is 0.935 bits per heavy atom. The van der Waals surface area contributed by atoms with Gasteiger partial charge < -0.3 is 0 Å². The van der Waals surface area contributed by atoms with E-state index in [1.807, 2.05) is 54.6 Å². The van der Waals surface area contributed by atoms with Crippen molar-refractivity contribution in [2.45, 2.75) is 6.92 Å². The van der Waals surface area contributed by atoms with E-state index in [1.54, 1.807) is 30.0 Å². The first-order valence-electron chi connectivity index (χ1n) is 9.61. The summed E-state index contributed by atoms with van der Waals surface area (Å²) in [6.07, 6.45) is 1.60. The van der Waals surface area contributed by atoms with E-state index in [9.17, 15) is 9.18 Å². The van der Waals surface area contributed by atoms with E-state index in [4.69, 9.17) is 4.98 Å². The molecule has 0 atom stereocenters. The van der Waals surface area contributed by atoms with Gasteiger partial charge in [0.25, 0.3) is 5.56 Å². The molecular weight excluding hydrogens is 459 g/mol. The number of aryl methyl sites for hydroxylation is 1. The largest absolute Gasteiger partial charge is 0.286 e. The summed E-state index contributed by atoms with van der Waals surface area (Å²) in [7, 11) is 0. The van der Waals surface area contributed by atoms with Crippen LogP contribution in [0.4, 0.5) is 4.39 Å². The Balaban J connectivity index is 1.86. The van der Waals surface area contributed by atoms with Gasteiger partial charge in [0, 0.05) is 15.7 Å². The average Bonchev–Trinajstić information content (AvgIpc) is 3.21. The number of benzene rings is 3. The monoisotopic (exact) mass is 474 g/mol. The lowest BCUT2D eigenvalue weighted by Crippen LogP contribution is -2.22. The summed E-state index contributed by atoms with van der Waals surface area (Å²) in [6, 6.07) is 21.7. The van der Waals surface area contributed by atoms with E-state index < -0.39 is 0 Å². The van der Waals surface area contributed by atoms with Crippen molar-refractivity contribution in [1.29, 1.82) is 0 Å². The Morgan fingerprint density at radius 2 is 1.68 bits per heavy atom. The fourth-order valence-corrected chi connectivity index (χ4v) is 3.80. The number of rotatable bonds is 3. The van der Waals surface area contributed by atoms with Gasteiger partial charge in [-0.2, -0.15) is 0 Å². The predicted octanol–water partition coefficient (Wildman–Crippen LogP) is 5.45. The molecule has 0 radical (unpaired) electrons. The number of fused-ring (bicyclic) bond motifs is 1. The van der Waals surface area contributed by atoms with E-state index in [1.165, 1.54) is 10.6 Å². The summed E-state index contributed by atoms with van der Waals surface area (Å²) in [5.41, 5.74) is 3.02. The second-order valence-electron chi connectivity index (χ2n) is 7.14. The number of hydrogen-bond acceptors (Lipinski definition) is 3. The fourth-order valence-electron chi connectivity index (χ4n) is 3.54. The molecule has 0 amide bonds. The van der Waals surface area contributed by atoms with Crippen molar-refractivity contribution < 1.29 is 4.39 Å². The summed E-state index contributed by atoms with van der Waals surface area (Å²) in [6.45, 7) is 1.69. The van der Waals surface area contributed by atoms with Crippen LogP contribution in [0, 0.1) is 12.7 Å². The van der Waals surface area contributed by atoms with Crippen molar-refractivity contribution in [1.82, 2.24) is 19.1 Å². The first kappa shape index (κ1) is 19.4. The fraction of sp³-hybridized carbons (Fsp3) is 0.0417. The Kier molecular flexibility index (Phi) is 4.75. The summed E-state index contributed by atoms with van der Waals surface area (Å²) in [5, 5.41) is 0. The zero-order valence-corrected chi connectivity index (χ0v) is 18.0. The van der Waals surface area contributed by atoms with Crippen LogP contribution in [0.1, 0.15) is 5.56 Å². The van der Waals surface area contributed by atoms with E-state index >= 15 is 0 Å². The minimum Gasteiger partial charge on any atom is -0.283 e. The zero-order chi connectivity index (χ0) is 21.5. The first-order chi connectivity index (χ1) is 15.0. The van der Waals surface area contributed by atoms with Crippen molar-refractivity contribution in [2.24, 2.45) is 0 Å². The number of halogens is 2. The highest BCUT2D eigenvalue weighted by Crippen LogP contribution is 2.25. The number of imidazole rings is 1. The molecule has 0 saturated carbocycles. The molecular formula is C24H16BrFN4O. The van der Waals surface area contributed by atoms with Crippen molar-refractivity contribution in [3.8, 4) is 22.8 Å². The average molecular weight is 475 g/mol. The van der Waals surface area contributed by atoms with Crippen molar-refractivity contribution in [3.05, 3.63) is 105 Å². The minimum atomic E-state index is -0.309. The lowest BCUT2D eigenvalue weighted by atomic mass is 10.1. The van der Waals surface area contributed by atoms with Gasteiger partial charge in [0.1, 0.15) is 18.0 Å². The summed E-state index contributed by atoms with van der Waals surface area (Å²) in [4.78, 5) is 22.8. The minimum absolute atomic E-state index is 0.259. The lowest BCUT2D eigenvalue weighted by molar-refractivity contribution is 0.618. The topological polar surface area (TPSA) is 52.7 Å². The highest BCUT2D eigenvalue weighted by atomic mass is 79.9. The molecule has 0 bridgehead atoms. The SMILES string of the molecule is Cc1cc(-c2nc3c(ncn3-c3ccccc3)c(=O)n2-c2ccc(Br)cc2)ccc1F. The zero-order valence-electron chi connectivity index (χ0n) is 16.5. The quantitative estimate of drug-likeness (QED) is 0.349. The van der Waals surface area contributed by atoms with Crippen LogP contribution in [0.2, 0.25) is 0 Å². The van der Waals surface area contributed by atoms with Gasteiger partial charge in [0.15, 0.2) is 11.2 Å². The summed E-state index contributed by atoms with van der Waals surface area (Å²) < 4.78 is 18.1. The molecule has 0 aliphatic rings. The van der Waals surface area contributed by atoms with Gasteiger partial charge in [0.2, 0.25) is 0 Å². The number of hydrogen-bond donors (Lipinski definition) is 0. The molecule has 3 aromatic carbocycles. The Hall–Kier alpha value is -3.58. The molecule has 7 heteroatoms. The van der Waals surface area contributed by atoms with Gasteiger partial charge in [-0.15, -0.1) is 0 Å². The van der Waals surface area contributed by atoms with Gasteiger partial charge in [0.05, 0.1) is 5.69 Å². The number of nitrogens with zero attached hydrogens (tertiary/aromatic N) is 4. The van der Waals surface area contributed by atoms with Crippen LogP contribution in [0.25, 0.3) is 33.9 Å². The molecule has 5 nitrogen and oxygen atoms in total. The standard InChI is InChI=1S/C24H16BrFN4O/c1-15-13-16(7-12-20(15)26)22-28-23-21(27-14-29(23)18-5-3-2-4-6-18)24(31)30(22)19-10-8-17(25)9-11-19/h2-14H,1H3. The van der Waals surface area contributed by atoms with Crippen LogP contribution >= 0.6 is 15.9 Å². The molecule has 31 heavy (non-hydrogen) atoms. The van der Waals surface area contributed by atoms with Gasteiger partial charge >= 0.3 is 0 Å². The van der Waals surface area contributed by atoms with Crippen LogP contribution in [0.5, 0.6) is 0 Å². The third-order valence-corrected chi connectivity index (χ3v) is 5.64. The van der Waals surface area contributed by atoms with Gasteiger partial charge in [-0.1, -0.05) is 34.1 Å². The van der Waals surface area contributed by atoms with Crippen molar-refractivity contribution in [3.63, 3.8) is 0 Å². The van der Waals surface area contributed by atoms with E-state index in [0.29, 0.717) is 28.3 Å². The lowest BCUT2D eigenvalue weighted by Gasteiger charge is -2.14. The van der Waals surface area contributed by atoms with Gasteiger partial charge in [-0.05, 0) is 67.1 Å². The molecule has 0 spiro atoms. The first-order valence-corrected chi connectivity index (χ1v) is 10.4. The Labute approximate surface area is 185 Å². The Bertz CT molecular complexity index is 1470. The predicted molar refractivity (Wildman–Crippen MR) is 122 cm³/mol. The van der Waals surface area contributed by atoms with Gasteiger partial charge in [-0.25, -0.2) is 14.4 Å². The normalized spacial score (nSPS) is 11.2. The number of aromatic nitrogens is 4. The molecule has 5 rings (SSSR count). The highest BCUT2D eigenvalue weighted by molar-refractivity contribution is 9.10. The van der Waals surface area contributed by atoms with Crippen LogP contribution in [-0.2, 0) is 0 Å². The Morgan fingerprint density at radius 3 is 2.39 bits per heavy atom. The van der Waals surface area contributed by atoms with Crippen molar-refractivity contribution >= 4 is 27.1 Å². The van der Waals surface area contributed by atoms with Crippen LogP contribution in [0.15, 0.2) is 88.4 Å². The molecule has 0 aliphatic heterocycles. The van der Waals surface area contributed by atoms with Gasteiger partial charge in [-0.3, -0.25) is 13.9 Å². The van der Waals surface area contributed by atoms with E-state index in [0.717, 1.165) is 10.2 Å². The molecule has 0 saturated heterocycles. The third kappa shape index (κ3) is 3.37. The maximum atomic E-state index is 13.9. The van der Waals surface area contributed by atoms with Crippen LogP contribution in [-0.4, -0.2) is 19.1 Å². The molecule has 0 unspecified atom stereocenters. The summed E-state index contributed by atoms with van der Waals surface area (Å²) in [5.74, 6) is 0.109. The smallest absolute Gasteiger partial charge is 0.283 e. The molecule has 0 fully saturated rings. The third-order valence-electron chi connectivity index (χ3n) is 5.11. The van der Waals surface area contributed by atoms with Crippen molar-refractivity contribution in [2.75, 3.05) is 0 Å². The van der Waals surface area contributed by atoms with Crippen LogP contribution < -0.4 is 5.56 Å². The number of para-hydroxylation sites is 1. The second kappa shape index (κ2) is 7.59. The molecule has 152 valence electrons. The van der Waals surface area contributed by atoms with E-state index in [-0.39, 0.29) is 16.9 Å². The van der Waals surface area contributed by atoms with Crippen LogP contribution in [0.3, 0.4) is 0 Å². The molecule has 0 N–H and O–H groups in total. The second-order valence-corrected chi connectivity index (χ2v) is 8.05. The molecule has 2 heterocycles. The molecule has 2 aromatic heterocycles. The maximum absolute atomic E-state index is 13.9. The maximum Gasteiger partial charge on any atom is 0.286 e. The highest BCUT2D eigenvalue weighted by Gasteiger charge is 2.19. The summed E-state index contributed by atoms with van der Waals surface area (Å²) >= 11 is 3.43. The van der Waals surface area contributed by atoms with E-state index in [2.05, 4.69) is 20.9 Å². The molecule has 0 aliphatic carbocycles. The molecule has 5 aromatic rings.